The van der Waals surface area contributed by atoms with Crippen molar-refractivity contribution < 1.29 is 17.4 Å². The van der Waals surface area contributed by atoms with Gasteiger partial charge in [0.25, 0.3) is 0 Å². The first-order valence-corrected chi connectivity index (χ1v) is 6.67. The Morgan fingerprint density at radius 1 is 1.05 bits per heavy atom. The van der Waals surface area contributed by atoms with Crippen LogP contribution < -0.4 is 4.72 Å². The molecule has 0 aliphatic carbocycles. The predicted molar refractivity (Wildman–Crippen MR) is 68.2 cm³/mol. The number of alkyl halides is 3. The van der Waals surface area contributed by atoms with Crippen molar-refractivity contribution in [3.8, 4) is 0 Å². The van der Waals surface area contributed by atoms with Gasteiger partial charge in [-0.1, -0.05) is 17.7 Å². The van der Waals surface area contributed by atoms with E-state index in [0.29, 0.717) is 4.90 Å². The second-order valence-electron chi connectivity index (χ2n) is 3.99. The van der Waals surface area contributed by atoms with E-state index in [4.69, 9.17) is 0 Å². The van der Waals surface area contributed by atoms with Gasteiger partial charge in [0.1, 0.15) is 0 Å². The third-order valence-electron chi connectivity index (χ3n) is 2.39. The van der Waals surface area contributed by atoms with Crippen molar-refractivity contribution in [2.24, 2.45) is 0 Å². The van der Waals surface area contributed by atoms with Crippen LogP contribution in [-0.4, -0.2) is 14.4 Å². The summed E-state index contributed by atoms with van der Waals surface area (Å²) in [5.41, 5.74) is -0.0794. The highest BCUT2D eigenvalue weighted by molar-refractivity contribution is 7.86. The average molecular weight is 301 g/mol. The van der Waals surface area contributed by atoms with Crippen LogP contribution >= 0.6 is 0 Å². The zero-order valence-electron chi connectivity index (χ0n) is 10.3. The van der Waals surface area contributed by atoms with Gasteiger partial charge in [0.05, 0.1) is 4.90 Å². The smallest absolute Gasteiger partial charge is 0.284 e. The van der Waals surface area contributed by atoms with Gasteiger partial charge < -0.3 is 0 Å². The van der Waals surface area contributed by atoms with Crippen LogP contribution in [0.1, 0.15) is 11.3 Å². The van der Waals surface area contributed by atoms with Gasteiger partial charge in [0.2, 0.25) is 0 Å². The average Bonchev–Trinajstić information content (AvgIpc) is 2.39. The highest BCUT2D eigenvalue weighted by Crippen LogP contribution is 2.27. The lowest BCUT2D eigenvalue weighted by molar-refractivity contribution is -0.141. The minimum absolute atomic E-state index is 0.0110. The number of aromatic nitrogens is 2. The third kappa shape index (κ3) is 3.53. The van der Waals surface area contributed by atoms with Crippen LogP contribution in [0.4, 0.5) is 19.0 Å². The van der Waals surface area contributed by atoms with E-state index in [-0.39, 0.29) is 5.82 Å². The summed E-state index contributed by atoms with van der Waals surface area (Å²) in [6.45, 7) is 1.89. The van der Waals surface area contributed by atoms with E-state index in [1.165, 1.54) is 0 Å². The summed E-state index contributed by atoms with van der Waals surface area (Å²) < 4.78 is 51.3. The van der Waals surface area contributed by atoms with Crippen molar-refractivity contribution in [1.82, 2.24) is 10.2 Å². The molecule has 1 unspecified atom stereocenters. The molecule has 0 radical (unpaired) electrons. The molecule has 8 heteroatoms. The number of aryl methyl sites for hydroxylation is 1. The third-order valence-corrected chi connectivity index (χ3v) is 3.48. The summed E-state index contributed by atoms with van der Waals surface area (Å²) in [7, 11) is -1.60. The fourth-order valence-corrected chi connectivity index (χ4v) is 2.15. The van der Waals surface area contributed by atoms with Crippen molar-refractivity contribution in [3.05, 3.63) is 47.7 Å². The minimum Gasteiger partial charge on any atom is -0.284 e. The first kappa shape index (κ1) is 14.4. The molecule has 0 bridgehead atoms. The molecule has 4 nitrogen and oxygen atoms in total. The van der Waals surface area contributed by atoms with Gasteiger partial charge >= 0.3 is 6.18 Å². The van der Waals surface area contributed by atoms with E-state index in [1.807, 2.05) is 6.92 Å². The largest absolute Gasteiger partial charge is 0.435 e. The Labute approximate surface area is 115 Å². The Bertz CT molecular complexity index is 611. The van der Waals surface area contributed by atoms with Gasteiger partial charge in [-0.15, -0.1) is 10.2 Å². The molecule has 0 fully saturated rings. The number of hydrogen-bond acceptors (Lipinski definition) is 3. The first-order valence-electron chi connectivity index (χ1n) is 5.52. The van der Waals surface area contributed by atoms with E-state index >= 15 is 0 Å². The molecule has 20 heavy (non-hydrogen) atoms. The number of nitrogens with one attached hydrogen (secondary N) is 1. The summed E-state index contributed by atoms with van der Waals surface area (Å²) in [5, 5.41) is 6.39. The van der Waals surface area contributed by atoms with Gasteiger partial charge in [0.15, 0.2) is 22.5 Å². The molecule has 0 saturated heterocycles. The monoisotopic (exact) mass is 301 g/mol. The highest BCUT2D eigenvalue weighted by atomic mass is 32.2. The van der Waals surface area contributed by atoms with Crippen LogP contribution in [-0.2, 0) is 17.2 Å². The second kappa shape index (κ2) is 5.58. The Morgan fingerprint density at radius 2 is 1.70 bits per heavy atom. The predicted octanol–water partition coefficient (Wildman–Crippen LogP) is 2.94. The van der Waals surface area contributed by atoms with Crippen molar-refractivity contribution in [2.45, 2.75) is 18.0 Å². The van der Waals surface area contributed by atoms with Crippen molar-refractivity contribution in [1.29, 1.82) is 0 Å². The maximum atomic E-state index is 12.3. The van der Waals surface area contributed by atoms with Crippen LogP contribution in [0.2, 0.25) is 0 Å². The molecule has 0 amide bonds. The molecular weight excluding hydrogens is 291 g/mol. The molecule has 0 aliphatic heterocycles. The Morgan fingerprint density at radius 3 is 2.20 bits per heavy atom. The molecule has 1 N–H and O–H groups in total. The van der Waals surface area contributed by atoms with E-state index in [2.05, 4.69) is 14.9 Å². The zero-order chi connectivity index (χ0) is 14.8. The molecule has 106 valence electrons. The van der Waals surface area contributed by atoms with Gasteiger partial charge in [-0.3, -0.25) is 4.72 Å². The lowest BCUT2D eigenvalue weighted by atomic mass is 10.2. The Hall–Kier alpha value is -1.96. The van der Waals surface area contributed by atoms with E-state index in [9.17, 15) is 17.4 Å². The minimum atomic E-state index is -4.54. The topological polar surface area (TPSA) is 54.9 Å². The van der Waals surface area contributed by atoms with Crippen LogP contribution in [0, 0.1) is 6.92 Å². The Kier molecular flexibility index (Phi) is 4.03. The van der Waals surface area contributed by atoms with Gasteiger partial charge in [-0.2, -0.15) is 13.2 Å². The molecule has 0 aliphatic rings. The number of benzene rings is 1. The van der Waals surface area contributed by atoms with E-state index < -0.39 is 22.9 Å². The number of rotatable bonds is 3. The van der Waals surface area contributed by atoms with E-state index in [1.54, 1.807) is 24.3 Å². The van der Waals surface area contributed by atoms with Crippen molar-refractivity contribution >= 4 is 16.8 Å². The summed E-state index contributed by atoms with van der Waals surface area (Å²) in [5.74, 6) is 0.0110. The molecule has 1 aromatic heterocycles. The maximum Gasteiger partial charge on any atom is 0.435 e. The van der Waals surface area contributed by atoms with Gasteiger partial charge in [-0.25, -0.2) is 4.21 Å². The first-order chi connectivity index (χ1) is 9.36. The van der Waals surface area contributed by atoms with Gasteiger partial charge in [-0.05, 0) is 31.2 Å². The lowest BCUT2D eigenvalue weighted by Crippen LogP contribution is -2.11. The SMILES string of the molecule is Cc1ccc(S(=O)Nc2ccc(C(F)(F)F)nn2)cc1. The summed E-state index contributed by atoms with van der Waals surface area (Å²) >= 11 is 0. The number of hydrogen-bond donors (Lipinski definition) is 1. The maximum absolute atomic E-state index is 12.3. The molecule has 2 aromatic rings. The van der Waals surface area contributed by atoms with E-state index in [0.717, 1.165) is 17.7 Å². The fourth-order valence-electron chi connectivity index (χ4n) is 1.35. The molecule has 1 aromatic carbocycles. The van der Waals surface area contributed by atoms with Crippen LogP contribution in [0.25, 0.3) is 0 Å². The van der Waals surface area contributed by atoms with Crippen LogP contribution in [0.3, 0.4) is 0 Å². The number of anilines is 1. The van der Waals surface area contributed by atoms with Crippen LogP contribution in [0.5, 0.6) is 0 Å². The molecule has 2 rings (SSSR count). The zero-order valence-corrected chi connectivity index (χ0v) is 11.1. The van der Waals surface area contributed by atoms with Crippen LogP contribution in [0.15, 0.2) is 41.3 Å². The fraction of sp³-hybridized carbons (Fsp3) is 0.167. The highest BCUT2D eigenvalue weighted by Gasteiger charge is 2.32. The number of halogens is 3. The summed E-state index contributed by atoms with van der Waals surface area (Å²) in [4.78, 5) is 0.497. The molecule has 0 spiro atoms. The van der Waals surface area contributed by atoms with Gasteiger partial charge in [0, 0.05) is 0 Å². The van der Waals surface area contributed by atoms with Crippen molar-refractivity contribution in [2.75, 3.05) is 4.72 Å². The molecule has 0 saturated carbocycles. The molecule has 1 heterocycles. The van der Waals surface area contributed by atoms with Crippen molar-refractivity contribution in [3.63, 3.8) is 0 Å². The summed E-state index contributed by atoms with van der Waals surface area (Å²) in [6.07, 6.45) is -4.54. The Balaban J connectivity index is 2.10. The summed E-state index contributed by atoms with van der Waals surface area (Å²) in [6, 6.07) is 8.76. The second-order valence-corrected chi connectivity index (χ2v) is 5.20. The molecular formula is C12H10F3N3OS. The lowest BCUT2D eigenvalue weighted by Gasteiger charge is -2.07. The standard InChI is InChI=1S/C12H10F3N3OS/c1-8-2-4-9(5-3-8)20(19)18-11-7-6-10(16-17-11)12(13,14)15/h2-7H,1H3,(H,17,18). The number of nitrogens with zero attached hydrogens (tertiary/aromatic N) is 2. The molecule has 1 atom stereocenters. The normalized spacial score (nSPS) is 13.0. The quantitative estimate of drug-likeness (QED) is 0.948.